The minimum Gasteiger partial charge on any atom is -0.0654 e. The van der Waals surface area contributed by atoms with Crippen LogP contribution >= 0.6 is 0 Å². The molecule has 0 nitrogen and oxygen atoms in total. The van der Waals surface area contributed by atoms with E-state index in [0.29, 0.717) is 21.7 Å². The van der Waals surface area contributed by atoms with E-state index in [1.807, 2.05) is 0 Å². The van der Waals surface area contributed by atoms with E-state index in [1.165, 1.54) is 44.9 Å². The Morgan fingerprint density at radius 1 is 0.947 bits per heavy atom. The van der Waals surface area contributed by atoms with Gasteiger partial charge in [-0.1, -0.05) is 68.2 Å². The summed E-state index contributed by atoms with van der Waals surface area (Å²) < 4.78 is 0. The molecular weight excluding hydrogens is 228 g/mol. The summed E-state index contributed by atoms with van der Waals surface area (Å²) in [6.45, 7) is 19.8. The normalized spacial score (nSPS) is 30.3. The highest BCUT2D eigenvalue weighted by molar-refractivity contribution is 5.00. The topological polar surface area (TPSA) is 0 Å². The SMILES string of the molecule is CCCCC(C)(C)CC1(C)CC(C)(C)CCC1(C)C. The van der Waals surface area contributed by atoms with Crippen molar-refractivity contribution in [2.75, 3.05) is 0 Å². The molecule has 0 saturated heterocycles. The largest absolute Gasteiger partial charge is 0.0654 e. The molecule has 1 atom stereocenters. The van der Waals surface area contributed by atoms with Crippen LogP contribution in [-0.2, 0) is 0 Å². The molecule has 1 rings (SSSR count). The van der Waals surface area contributed by atoms with E-state index >= 15 is 0 Å². The lowest BCUT2D eigenvalue weighted by molar-refractivity contribution is -0.0576. The van der Waals surface area contributed by atoms with E-state index in [0.717, 1.165) is 0 Å². The van der Waals surface area contributed by atoms with Gasteiger partial charge in [-0.2, -0.15) is 0 Å². The van der Waals surface area contributed by atoms with Gasteiger partial charge >= 0.3 is 0 Å². The maximum absolute atomic E-state index is 2.57. The second-order valence-corrected chi connectivity index (χ2v) is 9.73. The molecule has 0 aromatic rings. The highest BCUT2D eigenvalue weighted by atomic mass is 14.5. The highest BCUT2D eigenvalue weighted by Gasteiger charge is 2.49. The van der Waals surface area contributed by atoms with E-state index in [4.69, 9.17) is 0 Å². The first-order valence-electron chi connectivity index (χ1n) is 8.43. The number of hydrogen-bond acceptors (Lipinski definition) is 0. The zero-order valence-corrected chi connectivity index (χ0v) is 14.9. The monoisotopic (exact) mass is 266 g/mol. The Bertz CT molecular complexity index is 295. The van der Waals surface area contributed by atoms with Crippen molar-refractivity contribution in [2.24, 2.45) is 21.7 Å². The van der Waals surface area contributed by atoms with E-state index in [2.05, 4.69) is 55.4 Å². The Kier molecular flexibility index (Phi) is 4.86. The van der Waals surface area contributed by atoms with Gasteiger partial charge in [0.1, 0.15) is 0 Å². The summed E-state index contributed by atoms with van der Waals surface area (Å²) >= 11 is 0. The van der Waals surface area contributed by atoms with Gasteiger partial charge in [-0.25, -0.2) is 0 Å². The van der Waals surface area contributed by atoms with Crippen LogP contribution in [0.15, 0.2) is 0 Å². The molecule has 0 spiro atoms. The van der Waals surface area contributed by atoms with Gasteiger partial charge in [-0.05, 0) is 53.8 Å². The van der Waals surface area contributed by atoms with Crippen molar-refractivity contribution in [3.8, 4) is 0 Å². The zero-order valence-electron chi connectivity index (χ0n) is 14.9. The Balaban J connectivity index is 2.86. The number of rotatable bonds is 5. The molecule has 0 bridgehead atoms. The molecule has 0 aromatic heterocycles. The molecule has 0 amide bonds. The molecule has 19 heavy (non-hydrogen) atoms. The van der Waals surface area contributed by atoms with Gasteiger partial charge in [0.2, 0.25) is 0 Å². The molecule has 1 unspecified atom stereocenters. The minimum atomic E-state index is 0.492. The number of hydrogen-bond donors (Lipinski definition) is 0. The molecule has 0 aromatic carbocycles. The predicted octanol–water partition coefficient (Wildman–Crippen LogP) is 6.84. The van der Waals surface area contributed by atoms with Gasteiger partial charge in [0.25, 0.3) is 0 Å². The Hall–Kier alpha value is 0. The summed E-state index contributed by atoms with van der Waals surface area (Å²) in [4.78, 5) is 0. The van der Waals surface area contributed by atoms with Crippen LogP contribution in [0.4, 0.5) is 0 Å². The van der Waals surface area contributed by atoms with Crippen LogP contribution in [0.5, 0.6) is 0 Å². The molecule has 1 fully saturated rings. The summed E-state index contributed by atoms with van der Waals surface area (Å²) in [7, 11) is 0. The minimum absolute atomic E-state index is 0.492. The first-order chi connectivity index (χ1) is 8.43. The van der Waals surface area contributed by atoms with Gasteiger partial charge < -0.3 is 0 Å². The van der Waals surface area contributed by atoms with Crippen molar-refractivity contribution in [3.05, 3.63) is 0 Å². The third-order valence-electron chi connectivity index (χ3n) is 6.01. The van der Waals surface area contributed by atoms with Gasteiger partial charge in [0, 0.05) is 0 Å². The predicted molar refractivity (Wildman–Crippen MR) is 87.4 cm³/mol. The van der Waals surface area contributed by atoms with Crippen molar-refractivity contribution < 1.29 is 0 Å². The van der Waals surface area contributed by atoms with Crippen LogP contribution in [-0.4, -0.2) is 0 Å². The second kappa shape index (κ2) is 5.41. The standard InChI is InChI=1S/C19H38/c1-9-10-11-16(2,3)14-19(8)15-17(4,5)12-13-18(19,6)7/h9-15H2,1-8H3. The fourth-order valence-corrected chi connectivity index (χ4v) is 4.44. The Labute approximate surface area is 122 Å². The van der Waals surface area contributed by atoms with Crippen LogP contribution in [0.1, 0.15) is 100 Å². The first-order valence-corrected chi connectivity index (χ1v) is 8.43. The molecule has 0 N–H and O–H groups in total. The average molecular weight is 267 g/mol. The van der Waals surface area contributed by atoms with Crippen LogP contribution in [0.3, 0.4) is 0 Å². The Morgan fingerprint density at radius 2 is 1.53 bits per heavy atom. The molecule has 1 saturated carbocycles. The van der Waals surface area contributed by atoms with Gasteiger partial charge in [0.15, 0.2) is 0 Å². The van der Waals surface area contributed by atoms with E-state index in [1.54, 1.807) is 0 Å². The Morgan fingerprint density at radius 3 is 2.05 bits per heavy atom. The van der Waals surface area contributed by atoms with Gasteiger partial charge in [0.05, 0.1) is 0 Å². The van der Waals surface area contributed by atoms with Gasteiger partial charge in [-0.3, -0.25) is 0 Å². The zero-order chi connectivity index (χ0) is 14.9. The molecule has 114 valence electrons. The summed E-state index contributed by atoms with van der Waals surface area (Å²) in [6.07, 6.45) is 9.65. The molecule has 0 heterocycles. The lowest BCUT2D eigenvalue weighted by Crippen LogP contribution is -2.46. The second-order valence-electron chi connectivity index (χ2n) is 9.73. The molecular formula is C19H38. The molecule has 0 radical (unpaired) electrons. The van der Waals surface area contributed by atoms with Crippen molar-refractivity contribution in [1.82, 2.24) is 0 Å². The van der Waals surface area contributed by atoms with E-state index < -0.39 is 0 Å². The molecule has 0 heteroatoms. The van der Waals surface area contributed by atoms with E-state index in [9.17, 15) is 0 Å². The van der Waals surface area contributed by atoms with Crippen molar-refractivity contribution in [2.45, 2.75) is 100 Å². The third-order valence-corrected chi connectivity index (χ3v) is 6.01. The maximum Gasteiger partial charge on any atom is -0.0264 e. The van der Waals surface area contributed by atoms with Crippen LogP contribution in [0.25, 0.3) is 0 Å². The van der Waals surface area contributed by atoms with Crippen molar-refractivity contribution in [3.63, 3.8) is 0 Å². The van der Waals surface area contributed by atoms with E-state index in [-0.39, 0.29) is 0 Å². The lowest BCUT2D eigenvalue weighted by Gasteiger charge is -2.56. The molecule has 1 aliphatic carbocycles. The summed E-state index contributed by atoms with van der Waals surface area (Å²) in [5.41, 5.74) is 2.01. The number of unbranched alkanes of at least 4 members (excludes halogenated alkanes) is 1. The summed E-state index contributed by atoms with van der Waals surface area (Å²) in [6, 6.07) is 0. The van der Waals surface area contributed by atoms with Crippen molar-refractivity contribution >= 4 is 0 Å². The van der Waals surface area contributed by atoms with Crippen LogP contribution < -0.4 is 0 Å². The molecule has 1 aliphatic rings. The average Bonchev–Trinajstić information content (AvgIpc) is 2.21. The summed E-state index contributed by atoms with van der Waals surface area (Å²) in [5, 5.41) is 0. The first kappa shape index (κ1) is 17.1. The van der Waals surface area contributed by atoms with Crippen LogP contribution in [0, 0.1) is 21.7 Å². The van der Waals surface area contributed by atoms with Gasteiger partial charge in [-0.15, -0.1) is 0 Å². The third kappa shape index (κ3) is 4.23. The smallest absolute Gasteiger partial charge is 0.0264 e. The quantitative estimate of drug-likeness (QED) is 0.511. The highest BCUT2D eigenvalue weighted by Crippen LogP contribution is 2.60. The van der Waals surface area contributed by atoms with Crippen LogP contribution in [0.2, 0.25) is 0 Å². The van der Waals surface area contributed by atoms with Crippen molar-refractivity contribution in [1.29, 1.82) is 0 Å². The lowest BCUT2D eigenvalue weighted by atomic mass is 9.49. The fourth-order valence-electron chi connectivity index (χ4n) is 4.44. The maximum atomic E-state index is 2.57. The fraction of sp³-hybridized carbons (Fsp3) is 1.00. The molecule has 0 aliphatic heterocycles. The summed E-state index contributed by atoms with van der Waals surface area (Å²) in [5.74, 6) is 0.